The first-order valence-electron chi connectivity index (χ1n) is 12.2. The van der Waals surface area contributed by atoms with E-state index < -0.39 is 0 Å². The minimum absolute atomic E-state index is 0.113. The third-order valence-corrected chi connectivity index (χ3v) is 8.06. The molecule has 5 rings (SSSR count). The van der Waals surface area contributed by atoms with Crippen LogP contribution in [0, 0.1) is 0 Å². The van der Waals surface area contributed by atoms with Crippen LogP contribution in [0.25, 0.3) is 6.08 Å². The van der Waals surface area contributed by atoms with E-state index in [9.17, 15) is 4.79 Å². The molecule has 4 aromatic carbocycles. The maximum atomic E-state index is 13.5. The van der Waals surface area contributed by atoms with Crippen molar-refractivity contribution in [3.8, 4) is 5.75 Å². The van der Waals surface area contributed by atoms with Crippen molar-refractivity contribution in [3.05, 3.63) is 139 Å². The maximum absolute atomic E-state index is 13.5. The van der Waals surface area contributed by atoms with E-state index in [4.69, 9.17) is 32.9 Å². The molecule has 8 heteroatoms. The van der Waals surface area contributed by atoms with Crippen molar-refractivity contribution >= 4 is 68.0 Å². The normalized spacial score (nSPS) is 15.4. The van der Waals surface area contributed by atoms with Crippen molar-refractivity contribution in [2.24, 2.45) is 4.99 Å². The molecule has 196 valence electrons. The van der Waals surface area contributed by atoms with Crippen LogP contribution < -0.4 is 4.74 Å². The van der Waals surface area contributed by atoms with Gasteiger partial charge in [0.15, 0.2) is 10.9 Å². The second-order valence-corrected chi connectivity index (χ2v) is 11.5. The first-order valence-corrected chi connectivity index (χ1v) is 14.5. The minimum atomic E-state index is -0.113. The highest BCUT2D eigenvalue weighted by molar-refractivity contribution is 9.10. The van der Waals surface area contributed by atoms with Crippen LogP contribution in [0.5, 0.6) is 5.75 Å². The fraction of sp³-hybridized carbons (Fsp3) is 0.0968. The maximum Gasteiger partial charge on any atom is 0.267 e. The van der Waals surface area contributed by atoms with Crippen molar-refractivity contribution in [1.82, 2.24) is 4.90 Å². The molecule has 1 amide bonds. The molecule has 0 saturated carbocycles. The first-order chi connectivity index (χ1) is 19.0. The Hall–Kier alpha value is -3.03. The Balaban J connectivity index is 1.38. The summed E-state index contributed by atoms with van der Waals surface area (Å²) in [7, 11) is 0. The number of amides is 1. The number of carbonyl (C=O) groups is 1. The Morgan fingerprint density at radius 2 is 1.46 bits per heavy atom. The van der Waals surface area contributed by atoms with Gasteiger partial charge in [-0.25, -0.2) is 0 Å². The largest absolute Gasteiger partial charge is 0.486 e. The van der Waals surface area contributed by atoms with Crippen LogP contribution >= 0.6 is 50.9 Å². The topological polar surface area (TPSA) is 41.9 Å². The second kappa shape index (κ2) is 12.9. The van der Waals surface area contributed by atoms with Gasteiger partial charge in [-0.2, -0.15) is 0 Å². The summed E-state index contributed by atoms with van der Waals surface area (Å²) < 4.78 is 6.91. The number of halogens is 3. The number of aliphatic imine (C=N–C) groups is 1. The predicted molar refractivity (Wildman–Crippen MR) is 165 cm³/mol. The van der Waals surface area contributed by atoms with E-state index in [1.807, 2.05) is 84.9 Å². The van der Waals surface area contributed by atoms with Gasteiger partial charge in [0.2, 0.25) is 0 Å². The molecule has 1 aliphatic rings. The molecule has 0 aromatic heterocycles. The van der Waals surface area contributed by atoms with Gasteiger partial charge in [0.05, 0.1) is 28.0 Å². The smallest absolute Gasteiger partial charge is 0.267 e. The molecule has 4 nitrogen and oxygen atoms in total. The van der Waals surface area contributed by atoms with E-state index in [0.717, 1.165) is 21.2 Å². The van der Waals surface area contributed by atoms with Crippen LogP contribution in [-0.2, 0) is 24.5 Å². The fourth-order valence-corrected chi connectivity index (χ4v) is 5.82. The Labute approximate surface area is 250 Å². The molecule has 4 aromatic rings. The lowest BCUT2D eigenvalue weighted by atomic mass is 10.2. The van der Waals surface area contributed by atoms with Crippen LogP contribution in [-0.4, -0.2) is 16.0 Å². The summed E-state index contributed by atoms with van der Waals surface area (Å²) in [6, 6.07) is 31.2. The molecule has 0 aliphatic carbocycles. The number of hydrogen-bond donors (Lipinski definition) is 0. The van der Waals surface area contributed by atoms with Crippen LogP contribution in [0.4, 0.5) is 0 Å². The van der Waals surface area contributed by atoms with Crippen LogP contribution in [0.2, 0.25) is 10.0 Å². The molecule has 1 aliphatic heterocycles. The van der Waals surface area contributed by atoms with Crippen LogP contribution in [0.1, 0.15) is 22.3 Å². The lowest BCUT2D eigenvalue weighted by molar-refractivity contribution is -0.122. The number of thioether (sulfide) groups is 1. The van der Waals surface area contributed by atoms with Gasteiger partial charge in [0.1, 0.15) is 6.61 Å². The molecule has 1 heterocycles. The van der Waals surface area contributed by atoms with Crippen LogP contribution in [0.3, 0.4) is 0 Å². The molecule has 0 atom stereocenters. The van der Waals surface area contributed by atoms with E-state index in [1.54, 1.807) is 23.1 Å². The molecule has 0 unspecified atom stereocenters. The van der Waals surface area contributed by atoms with Gasteiger partial charge in [0, 0.05) is 4.47 Å². The molecule has 1 fully saturated rings. The molecule has 0 spiro atoms. The van der Waals surface area contributed by atoms with E-state index in [-0.39, 0.29) is 5.91 Å². The number of amidine groups is 1. The highest BCUT2D eigenvalue weighted by Gasteiger charge is 2.33. The highest BCUT2D eigenvalue weighted by Crippen LogP contribution is 2.38. The third-order valence-electron chi connectivity index (χ3n) is 5.93. The van der Waals surface area contributed by atoms with Gasteiger partial charge in [-0.1, -0.05) is 112 Å². The molecule has 0 N–H and O–H groups in total. The van der Waals surface area contributed by atoms with E-state index in [2.05, 4.69) is 15.9 Å². The third kappa shape index (κ3) is 7.14. The predicted octanol–water partition coefficient (Wildman–Crippen LogP) is 9.01. The van der Waals surface area contributed by atoms with Crippen molar-refractivity contribution in [1.29, 1.82) is 0 Å². The Morgan fingerprint density at radius 1 is 0.846 bits per heavy atom. The molecule has 1 saturated heterocycles. The minimum Gasteiger partial charge on any atom is -0.486 e. The molecular weight excluding hydrogens is 615 g/mol. The summed E-state index contributed by atoms with van der Waals surface area (Å²) in [5.74, 6) is 0.295. The summed E-state index contributed by atoms with van der Waals surface area (Å²) in [5.41, 5.74) is 3.80. The van der Waals surface area contributed by atoms with Crippen molar-refractivity contribution in [3.63, 3.8) is 0 Å². The number of carbonyl (C=O) groups excluding carboxylic acids is 1. The summed E-state index contributed by atoms with van der Waals surface area (Å²) in [4.78, 5) is 20.6. The summed E-state index contributed by atoms with van der Waals surface area (Å²) in [6.45, 7) is 1.25. The second-order valence-electron chi connectivity index (χ2n) is 8.80. The number of hydrogen-bond acceptors (Lipinski definition) is 4. The fourth-order valence-electron chi connectivity index (χ4n) is 3.96. The van der Waals surface area contributed by atoms with E-state index >= 15 is 0 Å². The average molecular weight is 638 g/mol. The number of ether oxygens (including phenoxy) is 1. The summed E-state index contributed by atoms with van der Waals surface area (Å²) in [5, 5.41) is 1.41. The van der Waals surface area contributed by atoms with Crippen molar-refractivity contribution in [2.75, 3.05) is 0 Å². The Kier molecular flexibility index (Phi) is 9.09. The van der Waals surface area contributed by atoms with Crippen molar-refractivity contribution in [2.45, 2.75) is 19.7 Å². The van der Waals surface area contributed by atoms with Gasteiger partial charge in [-0.15, -0.1) is 0 Å². The molecular formula is C31H23BrCl2N2O2S. The number of nitrogens with zero attached hydrogens (tertiary/aromatic N) is 2. The highest BCUT2D eigenvalue weighted by atomic mass is 79.9. The zero-order valence-corrected chi connectivity index (χ0v) is 24.6. The lowest BCUT2D eigenvalue weighted by Gasteiger charge is -2.15. The first kappa shape index (κ1) is 27.5. The monoisotopic (exact) mass is 636 g/mol. The van der Waals surface area contributed by atoms with Gasteiger partial charge >= 0.3 is 0 Å². The van der Waals surface area contributed by atoms with Gasteiger partial charge in [-0.05, 0) is 64.4 Å². The van der Waals surface area contributed by atoms with E-state index in [0.29, 0.717) is 51.1 Å². The molecule has 0 bridgehead atoms. The SMILES string of the molecule is O=C1/C(=C\c2cc(Cl)c(OCc3ccc(Br)cc3)c(Cl)c2)SC(=NCc2ccccc2)N1Cc1ccccc1. The van der Waals surface area contributed by atoms with Gasteiger partial charge < -0.3 is 4.74 Å². The lowest BCUT2D eigenvalue weighted by Crippen LogP contribution is -2.28. The standard InChI is InChI=1S/C31H23BrCl2N2O2S/c32-25-13-11-23(12-14-25)20-38-29-26(33)15-24(16-27(29)34)17-28-30(37)36(19-22-9-5-2-6-10-22)31(39-28)35-18-21-7-3-1-4-8-21/h1-17H,18-20H2/b28-17+,35-31?. The molecule has 39 heavy (non-hydrogen) atoms. The average Bonchev–Trinajstić information content (AvgIpc) is 3.22. The quantitative estimate of drug-likeness (QED) is 0.181. The summed E-state index contributed by atoms with van der Waals surface area (Å²) >= 11 is 17.9. The zero-order valence-electron chi connectivity index (χ0n) is 20.7. The summed E-state index contributed by atoms with van der Waals surface area (Å²) in [6.07, 6.45) is 1.80. The number of rotatable bonds is 8. The number of benzene rings is 4. The van der Waals surface area contributed by atoms with E-state index in [1.165, 1.54) is 11.8 Å². The van der Waals surface area contributed by atoms with Gasteiger partial charge in [-0.3, -0.25) is 14.7 Å². The zero-order chi connectivity index (χ0) is 27.2. The Bertz CT molecular complexity index is 1500. The Morgan fingerprint density at radius 3 is 2.10 bits per heavy atom. The van der Waals surface area contributed by atoms with Crippen molar-refractivity contribution < 1.29 is 9.53 Å². The molecule has 0 radical (unpaired) electrons. The van der Waals surface area contributed by atoms with Crippen LogP contribution in [0.15, 0.2) is 111 Å². The van der Waals surface area contributed by atoms with Gasteiger partial charge in [0.25, 0.3) is 5.91 Å².